The zero-order chi connectivity index (χ0) is 22.0. The Morgan fingerprint density at radius 2 is 1.65 bits per heavy atom. The van der Waals surface area contributed by atoms with Crippen molar-refractivity contribution in [1.82, 2.24) is 0 Å². The molecule has 1 aliphatic heterocycles. The number of rotatable bonds is 6. The number of nitrogens with one attached hydrogen (secondary N) is 1. The maximum Gasteiger partial charge on any atom is 0.266 e. The predicted molar refractivity (Wildman–Crippen MR) is 116 cm³/mol. The maximum atomic E-state index is 12.7. The molecule has 0 radical (unpaired) electrons. The molecule has 0 saturated heterocycles. The normalized spacial score (nSPS) is 12.5. The van der Waals surface area contributed by atoms with Crippen LogP contribution in [0.5, 0.6) is 11.5 Å². The fourth-order valence-electron chi connectivity index (χ4n) is 3.40. The summed E-state index contributed by atoms with van der Waals surface area (Å²) in [6, 6.07) is 18.8. The lowest BCUT2D eigenvalue weighted by Gasteiger charge is -2.18. The molecule has 3 amide bonds. The summed E-state index contributed by atoms with van der Waals surface area (Å²) >= 11 is 0. The number of nitrogens with zero attached hydrogens (tertiary/aromatic N) is 1. The zero-order valence-corrected chi connectivity index (χ0v) is 17.0. The van der Waals surface area contributed by atoms with Crippen LogP contribution in [0.3, 0.4) is 0 Å². The van der Waals surface area contributed by atoms with Crippen molar-refractivity contribution in [2.45, 2.75) is 6.92 Å². The molecule has 0 aromatic heterocycles. The Balaban J connectivity index is 1.49. The molecule has 7 heteroatoms. The van der Waals surface area contributed by atoms with E-state index in [1.54, 1.807) is 48.5 Å². The van der Waals surface area contributed by atoms with Crippen LogP contribution in [-0.2, 0) is 4.79 Å². The molecule has 0 aliphatic carbocycles. The SMILES string of the molecule is COc1cc(NC(=O)COc2cccc(C)c2)ccc1N1C(=O)c2ccccc2C1=O. The first-order valence-electron chi connectivity index (χ1n) is 9.63. The van der Waals surface area contributed by atoms with Gasteiger partial charge in [0.15, 0.2) is 6.61 Å². The summed E-state index contributed by atoms with van der Waals surface area (Å²) in [7, 11) is 1.43. The number of amides is 3. The summed E-state index contributed by atoms with van der Waals surface area (Å²) in [4.78, 5) is 38.8. The van der Waals surface area contributed by atoms with Crippen LogP contribution in [0.2, 0.25) is 0 Å². The van der Waals surface area contributed by atoms with Crippen LogP contribution in [0.4, 0.5) is 11.4 Å². The van der Waals surface area contributed by atoms with Crippen molar-refractivity contribution in [1.29, 1.82) is 0 Å². The molecular weight excluding hydrogens is 396 g/mol. The fourth-order valence-corrected chi connectivity index (χ4v) is 3.40. The van der Waals surface area contributed by atoms with Crippen molar-refractivity contribution in [2.75, 3.05) is 23.9 Å². The van der Waals surface area contributed by atoms with Crippen molar-refractivity contribution in [3.05, 3.63) is 83.4 Å². The van der Waals surface area contributed by atoms with Crippen molar-refractivity contribution < 1.29 is 23.9 Å². The fraction of sp³-hybridized carbons (Fsp3) is 0.125. The van der Waals surface area contributed by atoms with Gasteiger partial charge in [0.2, 0.25) is 0 Å². The number of methoxy groups -OCH3 is 1. The monoisotopic (exact) mass is 416 g/mol. The van der Waals surface area contributed by atoms with E-state index in [0.717, 1.165) is 10.5 Å². The van der Waals surface area contributed by atoms with E-state index >= 15 is 0 Å². The van der Waals surface area contributed by atoms with Gasteiger partial charge in [0.1, 0.15) is 11.5 Å². The van der Waals surface area contributed by atoms with Gasteiger partial charge < -0.3 is 14.8 Å². The first-order chi connectivity index (χ1) is 15.0. The Morgan fingerprint density at radius 3 is 2.29 bits per heavy atom. The van der Waals surface area contributed by atoms with Crippen molar-refractivity contribution in [3.8, 4) is 11.5 Å². The van der Waals surface area contributed by atoms with E-state index in [0.29, 0.717) is 28.3 Å². The third-order valence-electron chi connectivity index (χ3n) is 4.86. The number of ether oxygens (including phenoxy) is 2. The van der Waals surface area contributed by atoms with Crippen LogP contribution < -0.4 is 19.7 Å². The summed E-state index contributed by atoms with van der Waals surface area (Å²) in [5.74, 6) is -0.290. The highest BCUT2D eigenvalue weighted by Crippen LogP contribution is 2.36. The highest BCUT2D eigenvalue weighted by Gasteiger charge is 2.37. The minimum absolute atomic E-state index is 0.161. The lowest BCUT2D eigenvalue weighted by atomic mass is 10.1. The van der Waals surface area contributed by atoms with E-state index in [9.17, 15) is 14.4 Å². The average molecular weight is 416 g/mol. The van der Waals surface area contributed by atoms with Crippen LogP contribution >= 0.6 is 0 Å². The molecule has 0 unspecified atom stereocenters. The molecule has 1 aliphatic rings. The second-order valence-corrected chi connectivity index (χ2v) is 7.03. The molecule has 1 heterocycles. The maximum absolute atomic E-state index is 12.7. The summed E-state index contributed by atoms with van der Waals surface area (Å²) in [5, 5.41) is 2.73. The average Bonchev–Trinajstić information content (AvgIpc) is 3.03. The molecule has 4 rings (SSSR count). The van der Waals surface area contributed by atoms with Crippen molar-refractivity contribution in [2.24, 2.45) is 0 Å². The third-order valence-corrected chi connectivity index (χ3v) is 4.86. The van der Waals surface area contributed by atoms with Crippen molar-refractivity contribution >= 4 is 29.1 Å². The summed E-state index contributed by atoms with van der Waals surface area (Å²) in [6.45, 7) is 1.78. The number of anilines is 2. The second-order valence-electron chi connectivity index (χ2n) is 7.03. The number of fused-ring (bicyclic) bond motifs is 1. The molecule has 31 heavy (non-hydrogen) atoms. The molecule has 0 spiro atoms. The van der Waals surface area contributed by atoms with E-state index in [2.05, 4.69) is 5.32 Å². The highest BCUT2D eigenvalue weighted by atomic mass is 16.5. The van der Waals surface area contributed by atoms with Crippen LogP contribution in [0, 0.1) is 6.92 Å². The van der Waals surface area contributed by atoms with E-state index in [1.165, 1.54) is 7.11 Å². The first-order valence-corrected chi connectivity index (χ1v) is 9.63. The van der Waals surface area contributed by atoms with Crippen molar-refractivity contribution in [3.63, 3.8) is 0 Å². The lowest BCUT2D eigenvalue weighted by Crippen LogP contribution is -2.29. The number of carbonyl (C=O) groups excluding carboxylic acids is 3. The summed E-state index contributed by atoms with van der Waals surface area (Å²) in [5.41, 5.74) is 2.49. The number of benzene rings is 3. The quantitative estimate of drug-likeness (QED) is 0.618. The van der Waals surface area contributed by atoms with Crippen LogP contribution in [0.1, 0.15) is 26.3 Å². The van der Waals surface area contributed by atoms with E-state index in [4.69, 9.17) is 9.47 Å². The molecule has 0 atom stereocenters. The molecule has 0 fully saturated rings. The van der Waals surface area contributed by atoms with Gasteiger partial charge in [-0.05, 0) is 48.9 Å². The van der Waals surface area contributed by atoms with Gasteiger partial charge in [0.05, 0.1) is 23.9 Å². The number of hydrogen-bond acceptors (Lipinski definition) is 5. The third kappa shape index (κ3) is 3.98. The molecule has 156 valence electrons. The standard InChI is InChI=1S/C24H20N2O5/c1-15-6-5-7-17(12-15)31-14-22(27)25-16-10-11-20(21(13-16)30-2)26-23(28)18-8-3-4-9-19(18)24(26)29/h3-13H,14H2,1-2H3,(H,25,27). The highest BCUT2D eigenvalue weighted by molar-refractivity contribution is 6.34. The molecular formula is C24H20N2O5. The first kappa shape index (κ1) is 20.2. The molecule has 3 aromatic carbocycles. The Kier molecular flexibility index (Phi) is 5.41. The van der Waals surface area contributed by atoms with Crippen LogP contribution in [0.25, 0.3) is 0 Å². The predicted octanol–water partition coefficient (Wildman–Crippen LogP) is 3.82. The summed E-state index contributed by atoms with van der Waals surface area (Å²) < 4.78 is 10.9. The molecule has 3 aromatic rings. The van der Waals surface area contributed by atoms with Gasteiger partial charge in [0, 0.05) is 11.8 Å². The number of imide groups is 1. The number of hydrogen-bond donors (Lipinski definition) is 1. The molecule has 7 nitrogen and oxygen atoms in total. The summed E-state index contributed by atoms with van der Waals surface area (Å²) in [6.07, 6.45) is 0. The topological polar surface area (TPSA) is 84.9 Å². The molecule has 0 bridgehead atoms. The minimum atomic E-state index is -0.415. The smallest absolute Gasteiger partial charge is 0.266 e. The van der Waals surface area contributed by atoms with Gasteiger partial charge in [-0.1, -0.05) is 24.3 Å². The van der Waals surface area contributed by atoms with Gasteiger partial charge in [-0.25, -0.2) is 4.90 Å². The van der Waals surface area contributed by atoms with E-state index in [-0.39, 0.29) is 18.3 Å². The van der Waals surface area contributed by atoms with Gasteiger partial charge in [-0.2, -0.15) is 0 Å². The van der Waals surface area contributed by atoms with Gasteiger partial charge in [0.25, 0.3) is 17.7 Å². The van der Waals surface area contributed by atoms with E-state index < -0.39 is 11.8 Å². The van der Waals surface area contributed by atoms with Crippen LogP contribution in [-0.4, -0.2) is 31.4 Å². The number of aryl methyl sites for hydroxylation is 1. The number of carbonyl (C=O) groups is 3. The Bertz CT molecular complexity index is 1150. The molecule has 1 N–H and O–H groups in total. The Morgan fingerprint density at radius 1 is 0.935 bits per heavy atom. The largest absolute Gasteiger partial charge is 0.494 e. The Hall–Kier alpha value is -4.13. The Labute approximate surface area is 179 Å². The van der Waals surface area contributed by atoms with E-state index in [1.807, 2.05) is 25.1 Å². The van der Waals surface area contributed by atoms with Gasteiger partial charge in [-0.15, -0.1) is 0 Å². The second kappa shape index (κ2) is 8.31. The van der Waals surface area contributed by atoms with Gasteiger partial charge >= 0.3 is 0 Å². The lowest BCUT2D eigenvalue weighted by molar-refractivity contribution is -0.118. The zero-order valence-electron chi connectivity index (χ0n) is 17.0. The van der Waals surface area contributed by atoms with Gasteiger partial charge in [-0.3, -0.25) is 14.4 Å². The van der Waals surface area contributed by atoms with Crippen LogP contribution in [0.15, 0.2) is 66.7 Å². The molecule has 0 saturated carbocycles. The minimum Gasteiger partial charge on any atom is -0.494 e.